The highest BCUT2D eigenvalue weighted by molar-refractivity contribution is 6.99. The third-order valence-corrected chi connectivity index (χ3v) is 6.08. The number of aromatic nitrogens is 2. The van der Waals surface area contributed by atoms with E-state index in [0.717, 1.165) is 50.2 Å². The minimum Gasteiger partial charge on any atom is -0.381 e. The van der Waals surface area contributed by atoms with Gasteiger partial charge in [0, 0.05) is 32.3 Å². The van der Waals surface area contributed by atoms with Crippen molar-refractivity contribution in [2.45, 2.75) is 37.1 Å². The van der Waals surface area contributed by atoms with Crippen molar-refractivity contribution >= 4 is 23.5 Å². The van der Waals surface area contributed by atoms with E-state index in [1.54, 1.807) is 0 Å². The molecule has 0 unspecified atom stereocenters. The minimum atomic E-state index is -0.463. The number of hydrogen-bond acceptors (Lipinski definition) is 6. The van der Waals surface area contributed by atoms with E-state index in [9.17, 15) is 4.79 Å². The molecule has 1 aromatic carbocycles. The van der Waals surface area contributed by atoms with Crippen LogP contribution in [0, 0.1) is 0 Å². The van der Waals surface area contributed by atoms with Crippen LogP contribution in [0.15, 0.2) is 36.5 Å². The van der Waals surface area contributed by atoms with Crippen LogP contribution in [0.25, 0.3) is 0 Å². The molecule has 2 aromatic rings. The Morgan fingerprint density at radius 1 is 1.19 bits per heavy atom. The van der Waals surface area contributed by atoms with E-state index in [-0.39, 0.29) is 11.9 Å². The molecule has 6 nitrogen and oxygen atoms in total. The number of nitrogens with one attached hydrogen (secondary N) is 1. The molecule has 0 saturated carbocycles. The second-order valence-electron chi connectivity index (χ2n) is 7.06. The van der Waals surface area contributed by atoms with Gasteiger partial charge in [-0.2, -0.15) is 8.75 Å². The quantitative estimate of drug-likeness (QED) is 0.892. The average molecular weight is 372 g/mol. The summed E-state index contributed by atoms with van der Waals surface area (Å²) in [5.74, 6) is 1.10. The smallest absolute Gasteiger partial charge is 0.231 e. The highest BCUT2D eigenvalue weighted by Gasteiger charge is 2.42. The standard InChI is InChI=1S/C19H24N4O2S/c24-18(19(8-12-25-13-9-19)15-4-2-1-3-5-15)21-16-6-10-23(11-7-16)17-14-20-26-22-17/h1-5,14,16H,6-13H2,(H,21,24). The van der Waals surface area contributed by atoms with Crippen LogP contribution >= 0.6 is 11.7 Å². The Labute approximate surface area is 157 Å². The van der Waals surface area contributed by atoms with Crippen molar-refractivity contribution in [3.8, 4) is 0 Å². The first-order valence-corrected chi connectivity index (χ1v) is 9.98. The number of rotatable bonds is 4. The molecule has 0 bridgehead atoms. The summed E-state index contributed by atoms with van der Waals surface area (Å²) in [6, 6.07) is 10.4. The molecule has 138 valence electrons. The number of nitrogens with zero attached hydrogens (tertiary/aromatic N) is 3. The number of carbonyl (C=O) groups is 1. The minimum absolute atomic E-state index is 0.153. The molecule has 1 aromatic heterocycles. The summed E-state index contributed by atoms with van der Waals surface area (Å²) in [6.45, 7) is 3.07. The summed E-state index contributed by atoms with van der Waals surface area (Å²) >= 11 is 1.24. The molecule has 0 radical (unpaired) electrons. The van der Waals surface area contributed by atoms with Gasteiger partial charge >= 0.3 is 0 Å². The van der Waals surface area contributed by atoms with Crippen molar-refractivity contribution in [2.75, 3.05) is 31.2 Å². The molecule has 4 rings (SSSR count). The van der Waals surface area contributed by atoms with Gasteiger partial charge in [-0.25, -0.2) is 0 Å². The predicted octanol–water partition coefficient (Wildman–Crippen LogP) is 2.37. The Hall–Kier alpha value is -1.99. The predicted molar refractivity (Wildman–Crippen MR) is 101 cm³/mol. The van der Waals surface area contributed by atoms with Crippen molar-refractivity contribution in [1.82, 2.24) is 14.1 Å². The highest BCUT2D eigenvalue weighted by Crippen LogP contribution is 2.35. The van der Waals surface area contributed by atoms with Gasteiger partial charge in [-0.1, -0.05) is 30.3 Å². The molecule has 1 amide bonds. The van der Waals surface area contributed by atoms with Gasteiger partial charge in [0.05, 0.1) is 23.3 Å². The van der Waals surface area contributed by atoms with Crippen molar-refractivity contribution in [1.29, 1.82) is 0 Å². The van der Waals surface area contributed by atoms with Gasteiger partial charge in [0.25, 0.3) is 0 Å². The molecule has 3 heterocycles. The fraction of sp³-hybridized carbons (Fsp3) is 0.526. The zero-order valence-electron chi connectivity index (χ0n) is 14.8. The second-order valence-corrected chi connectivity index (χ2v) is 7.62. The van der Waals surface area contributed by atoms with Crippen molar-refractivity contribution < 1.29 is 9.53 Å². The van der Waals surface area contributed by atoms with Crippen LogP contribution in [0.4, 0.5) is 5.82 Å². The van der Waals surface area contributed by atoms with Crippen molar-refractivity contribution in [2.24, 2.45) is 0 Å². The van der Waals surface area contributed by atoms with Gasteiger partial charge in [-0.05, 0) is 31.2 Å². The number of ether oxygens (including phenoxy) is 1. The van der Waals surface area contributed by atoms with Gasteiger partial charge in [-0.3, -0.25) is 4.79 Å². The maximum absolute atomic E-state index is 13.3. The van der Waals surface area contributed by atoms with Crippen LogP contribution in [0.2, 0.25) is 0 Å². The third kappa shape index (κ3) is 3.46. The van der Waals surface area contributed by atoms with Crippen LogP contribution < -0.4 is 10.2 Å². The van der Waals surface area contributed by atoms with Crippen molar-refractivity contribution in [3.63, 3.8) is 0 Å². The van der Waals surface area contributed by atoms with Gasteiger partial charge < -0.3 is 15.0 Å². The number of amides is 1. The normalized spacial score (nSPS) is 20.7. The lowest BCUT2D eigenvalue weighted by atomic mass is 9.73. The molecule has 0 spiro atoms. The van der Waals surface area contributed by atoms with Crippen LogP contribution in [0.3, 0.4) is 0 Å². The van der Waals surface area contributed by atoms with Crippen molar-refractivity contribution in [3.05, 3.63) is 42.1 Å². The van der Waals surface area contributed by atoms with Crippen LogP contribution in [0.5, 0.6) is 0 Å². The van der Waals surface area contributed by atoms with E-state index in [2.05, 4.69) is 31.1 Å². The van der Waals surface area contributed by atoms with E-state index in [1.165, 1.54) is 11.7 Å². The number of anilines is 1. The Morgan fingerprint density at radius 2 is 1.92 bits per heavy atom. The Balaban J connectivity index is 1.43. The largest absolute Gasteiger partial charge is 0.381 e. The van der Waals surface area contributed by atoms with Crippen LogP contribution in [-0.4, -0.2) is 47.0 Å². The summed E-state index contributed by atoms with van der Waals surface area (Å²) < 4.78 is 13.9. The fourth-order valence-electron chi connectivity index (χ4n) is 4.00. The molecular formula is C19H24N4O2S. The van der Waals surface area contributed by atoms with Crippen LogP contribution in [-0.2, 0) is 14.9 Å². The lowest BCUT2D eigenvalue weighted by Gasteiger charge is -2.39. The van der Waals surface area contributed by atoms with Crippen LogP contribution in [0.1, 0.15) is 31.2 Å². The molecule has 0 atom stereocenters. The summed E-state index contributed by atoms with van der Waals surface area (Å²) in [7, 11) is 0. The SMILES string of the molecule is O=C(NC1CCN(c2cnsn2)CC1)C1(c2ccccc2)CCOCC1. The number of carbonyl (C=O) groups excluding carboxylic acids is 1. The lowest BCUT2D eigenvalue weighted by molar-refractivity contribution is -0.131. The third-order valence-electron chi connectivity index (χ3n) is 5.61. The maximum Gasteiger partial charge on any atom is 0.231 e. The first-order valence-electron chi connectivity index (χ1n) is 9.25. The zero-order chi connectivity index (χ0) is 17.8. The van der Waals surface area contributed by atoms with Gasteiger partial charge in [0.1, 0.15) is 0 Å². The number of hydrogen-bond donors (Lipinski definition) is 1. The molecule has 2 aliphatic rings. The van der Waals surface area contributed by atoms with E-state index in [0.29, 0.717) is 13.2 Å². The average Bonchev–Trinajstić information content (AvgIpc) is 3.24. The van der Waals surface area contributed by atoms with E-state index in [1.807, 2.05) is 24.4 Å². The topological polar surface area (TPSA) is 67.4 Å². The highest BCUT2D eigenvalue weighted by atomic mass is 32.1. The molecule has 26 heavy (non-hydrogen) atoms. The first kappa shape index (κ1) is 17.4. The zero-order valence-corrected chi connectivity index (χ0v) is 15.6. The number of benzene rings is 1. The molecule has 0 aliphatic carbocycles. The number of piperidine rings is 1. The molecule has 2 aliphatic heterocycles. The first-order chi connectivity index (χ1) is 12.8. The second kappa shape index (κ2) is 7.72. The Morgan fingerprint density at radius 3 is 2.58 bits per heavy atom. The summed E-state index contributed by atoms with van der Waals surface area (Å²) in [6.07, 6.45) is 5.17. The molecule has 2 fully saturated rings. The van der Waals surface area contributed by atoms with Gasteiger partial charge in [-0.15, -0.1) is 0 Å². The lowest BCUT2D eigenvalue weighted by Crippen LogP contribution is -2.53. The Bertz CT molecular complexity index is 708. The maximum atomic E-state index is 13.3. The molecular weight excluding hydrogens is 348 g/mol. The molecule has 1 N–H and O–H groups in total. The van der Waals surface area contributed by atoms with Gasteiger partial charge in [0.15, 0.2) is 5.82 Å². The molecule has 2 saturated heterocycles. The summed E-state index contributed by atoms with van der Waals surface area (Å²) in [4.78, 5) is 15.5. The van der Waals surface area contributed by atoms with E-state index in [4.69, 9.17) is 4.74 Å². The fourth-order valence-corrected chi connectivity index (χ4v) is 4.43. The molecule has 7 heteroatoms. The monoisotopic (exact) mass is 372 g/mol. The Kier molecular flexibility index (Phi) is 5.17. The van der Waals surface area contributed by atoms with E-state index < -0.39 is 5.41 Å². The summed E-state index contributed by atoms with van der Waals surface area (Å²) in [5.41, 5.74) is 0.641. The van der Waals surface area contributed by atoms with Gasteiger partial charge in [0.2, 0.25) is 5.91 Å². The summed E-state index contributed by atoms with van der Waals surface area (Å²) in [5, 5.41) is 3.34. The van der Waals surface area contributed by atoms with E-state index >= 15 is 0 Å².